The summed E-state index contributed by atoms with van der Waals surface area (Å²) < 4.78 is 0. The number of amides is 1. The molecule has 0 unspecified atom stereocenters. The molecule has 1 heterocycles. The number of hydrogen-bond donors (Lipinski definition) is 1. The summed E-state index contributed by atoms with van der Waals surface area (Å²) in [6, 6.07) is 7.21. The second-order valence-corrected chi connectivity index (χ2v) is 5.23. The summed E-state index contributed by atoms with van der Waals surface area (Å²) in [5, 5.41) is 5.64. The number of carbonyl (C=O) groups excluding carboxylic acids is 1. The summed E-state index contributed by atoms with van der Waals surface area (Å²) >= 11 is 7.19. The van der Waals surface area contributed by atoms with Crippen LogP contribution in [-0.4, -0.2) is 10.9 Å². The predicted molar refractivity (Wildman–Crippen MR) is 77.4 cm³/mol. The van der Waals surface area contributed by atoms with Crippen molar-refractivity contribution in [1.29, 1.82) is 0 Å². The van der Waals surface area contributed by atoms with Gasteiger partial charge in [0.1, 0.15) is 5.69 Å². The quantitative estimate of drug-likeness (QED) is 0.882. The minimum absolute atomic E-state index is 0.151. The van der Waals surface area contributed by atoms with Crippen molar-refractivity contribution in [3.8, 4) is 12.3 Å². The molecule has 0 saturated heterocycles. The van der Waals surface area contributed by atoms with Crippen molar-refractivity contribution < 1.29 is 4.79 Å². The average Bonchev–Trinajstić information content (AvgIpc) is 2.87. The molecule has 1 aromatic carbocycles. The van der Waals surface area contributed by atoms with Gasteiger partial charge < -0.3 is 5.32 Å². The summed E-state index contributed by atoms with van der Waals surface area (Å²) in [6.07, 6.45) is 5.22. The molecule has 2 rings (SSSR count). The van der Waals surface area contributed by atoms with E-state index in [-0.39, 0.29) is 11.9 Å². The first-order valence-corrected chi connectivity index (χ1v) is 6.84. The van der Waals surface area contributed by atoms with Gasteiger partial charge in [-0.05, 0) is 30.5 Å². The Morgan fingerprint density at radius 3 is 3.00 bits per heavy atom. The first-order chi connectivity index (χ1) is 9.10. The highest BCUT2D eigenvalue weighted by Gasteiger charge is 2.14. The van der Waals surface area contributed by atoms with Gasteiger partial charge in [0.15, 0.2) is 5.01 Å². The van der Waals surface area contributed by atoms with Gasteiger partial charge in [-0.25, -0.2) is 4.98 Å². The number of rotatable bonds is 3. The van der Waals surface area contributed by atoms with Crippen LogP contribution < -0.4 is 5.32 Å². The SMILES string of the molecule is C#Cc1nc(C(=O)N[C@@H](C)c2cccc(Cl)c2)cs1. The lowest BCUT2D eigenvalue weighted by Crippen LogP contribution is -2.26. The van der Waals surface area contributed by atoms with Crippen LogP contribution in [0.5, 0.6) is 0 Å². The van der Waals surface area contributed by atoms with Crippen molar-refractivity contribution in [1.82, 2.24) is 10.3 Å². The third-order valence-electron chi connectivity index (χ3n) is 2.56. The molecule has 1 N–H and O–H groups in total. The van der Waals surface area contributed by atoms with Crippen LogP contribution in [0.1, 0.15) is 34.0 Å². The summed E-state index contributed by atoms with van der Waals surface area (Å²) in [4.78, 5) is 16.0. The third kappa shape index (κ3) is 3.34. The molecule has 0 aliphatic rings. The Hall–Kier alpha value is -1.83. The molecule has 2 aromatic rings. The fourth-order valence-electron chi connectivity index (χ4n) is 1.57. The van der Waals surface area contributed by atoms with Crippen LogP contribution in [0.25, 0.3) is 0 Å². The standard InChI is InChI=1S/C14H11ClN2OS/c1-3-13-17-12(8-19-13)14(18)16-9(2)10-5-4-6-11(15)7-10/h1,4-9H,2H3,(H,16,18)/t9-/m0/s1. The van der Waals surface area contributed by atoms with Gasteiger partial charge in [0.2, 0.25) is 0 Å². The number of halogens is 1. The molecule has 96 valence electrons. The van der Waals surface area contributed by atoms with Crippen LogP contribution in [0.2, 0.25) is 5.02 Å². The summed E-state index contributed by atoms with van der Waals surface area (Å²) in [5.74, 6) is 2.16. The Labute approximate surface area is 120 Å². The van der Waals surface area contributed by atoms with Crippen LogP contribution in [0.15, 0.2) is 29.6 Å². The largest absolute Gasteiger partial charge is 0.344 e. The van der Waals surface area contributed by atoms with Crippen LogP contribution in [0, 0.1) is 12.3 Å². The van der Waals surface area contributed by atoms with Crippen molar-refractivity contribution >= 4 is 28.8 Å². The van der Waals surface area contributed by atoms with Crippen LogP contribution in [0.3, 0.4) is 0 Å². The van der Waals surface area contributed by atoms with E-state index in [1.54, 1.807) is 11.4 Å². The van der Waals surface area contributed by atoms with Crippen molar-refractivity contribution in [3.63, 3.8) is 0 Å². The lowest BCUT2D eigenvalue weighted by molar-refractivity contribution is 0.0935. The molecule has 5 heteroatoms. The fraction of sp³-hybridized carbons (Fsp3) is 0.143. The van der Waals surface area contributed by atoms with Gasteiger partial charge in [0, 0.05) is 10.4 Å². The second-order valence-electron chi connectivity index (χ2n) is 3.93. The molecule has 3 nitrogen and oxygen atoms in total. The highest BCUT2D eigenvalue weighted by atomic mass is 35.5. The van der Waals surface area contributed by atoms with Gasteiger partial charge in [0.25, 0.3) is 5.91 Å². The lowest BCUT2D eigenvalue weighted by Gasteiger charge is -2.13. The Morgan fingerprint density at radius 2 is 2.37 bits per heavy atom. The molecule has 0 radical (unpaired) electrons. The number of nitrogens with one attached hydrogen (secondary N) is 1. The smallest absolute Gasteiger partial charge is 0.271 e. The maximum Gasteiger partial charge on any atom is 0.271 e. The van der Waals surface area contributed by atoms with Crippen molar-refractivity contribution in [2.24, 2.45) is 0 Å². The predicted octanol–water partition coefficient (Wildman–Crippen LogP) is 3.27. The average molecular weight is 291 g/mol. The fourth-order valence-corrected chi connectivity index (χ4v) is 2.37. The van der Waals surface area contributed by atoms with Gasteiger partial charge in [-0.1, -0.05) is 23.7 Å². The van der Waals surface area contributed by atoms with E-state index in [4.69, 9.17) is 18.0 Å². The maximum absolute atomic E-state index is 12.0. The van der Waals surface area contributed by atoms with Crippen LogP contribution in [-0.2, 0) is 0 Å². The van der Waals surface area contributed by atoms with E-state index in [9.17, 15) is 4.79 Å². The molecule has 0 fully saturated rings. The maximum atomic E-state index is 12.0. The Kier molecular flexibility index (Phi) is 4.20. The van der Waals surface area contributed by atoms with Gasteiger partial charge in [-0.3, -0.25) is 4.79 Å². The van der Waals surface area contributed by atoms with Crippen LogP contribution in [0.4, 0.5) is 0 Å². The Morgan fingerprint density at radius 1 is 1.58 bits per heavy atom. The molecule has 1 aromatic heterocycles. The highest BCUT2D eigenvalue weighted by molar-refractivity contribution is 7.10. The molecule has 1 atom stereocenters. The molecule has 0 saturated carbocycles. The van der Waals surface area contributed by atoms with Crippen LogP contribution >= 0.6 is 22.9 Å². The van der Waals surface area contributed by atoms with E-state index in [1.165, 1.54) is 11.3 Å². The Balaban J connectivity index is 2.08. The number of aromatic nitrogens is 1. The number of nitrogens with zero attached hydrogens (tertiary/aromatic N) is 1. The van der Waals surface area contributed by atoms with E-state index in [1.807, 2.05) is 25.1 Å². The zero-order chi connectivity index (χ0) is 13.8. The molecule has 1 amide bonds. The zero-order valence-corrected chi connectivity index (χ0v) is 11.8. The summed E-state index contributed by atoms with van der Waals surface area (Å²) in [6.45, 7) is 1.89. The van der Waals surface area contributed by atoms with Crippen molar-refractivity contribution in [3.05, 3.63) is 50.9 Å². The number of terminal acetylenes is 1. The highest BCUT2D eigenvalue weighted by Crippen LogP contribution is 2.18. The molecule has 0 spiro atoms. The normalized spacial score (nSPS) is 11.6. The molecular formula is C14H11ClN2OS. The number of thiazole rings is 1. The zero-order valence-electron chi connectivity index (χ0n) is 10.2. The number of benzene rings is 1. The van der Waals surface area contributed by atoms with E-state index in [0.717, 1.165) is 5.56 Å². The first-order valence-electron chi connectivity index (χ1n) is 5.58. The van der Waals surface area contributed by atoms with Gasteiger partial charge in [-0.2, -0.15) is 0 Å². The van der Waals surface area contributed by atoms with E-state index >= 15 is 0 Å². The van der Waals surface area contributed by atoms with E-state index in [0.29, 0.717) is 15.7 Å². The summed E-state index contributed by atoms with van der Waals surface area (Å²) in [5.41, 5.74) is 1.28. The van der Waals surface area contributed by atoms with Crippen molar-refractivity contribution in [2.45, 2.75) is 13.0 Å². The number of carbonyl (C=O) groups is 1. The summed E-state index contributed by atoms with van der Waals surface area (Å²) in [7, 11) is 0. The topological polar surface area (TPSA) is 42.0 Å². The van der Waals surface area contributed by atoms with E-state index in [2.05, 4.69) is 16.2 Å². The number of hydrogen-bond acceptors (Lipinski definition) is 3. The van der Waals surface area contributed by atoms with Crippen molar-refractivity contribution in [2.75, 3.05) is 0 Å². The third-order valence-corrected chi connectivity index (χ3v) is 3.57. The molecule has 19 heavy (non-hydrogen) atoms. The molecule has 0 aliphatic carbocycles. The molecule has 0 bridgehead atoms. The first kappa shape index (κ1) is 13.6. The van der Waals surface area contributed by atoms with E-state index < -0.39 is 0 Å². The molecule has 0 aliphatic heterocycles. The minimum atomic E-state index is -0.245. The molecular weight excluding hydrogens is 280 g/mol. The lowest BCUT2D eigenvalue weighted by atomic mass is 10.1. The second kappa shape index (κ2) is 5.87. The minimum Gasteiger partial charge on any atom is -0.344 e. The Bertz CT molecular complexity index is 645. The van der Waals surface area contributed by atoms with Gasteiger partial charge in [-0.15, -0.1) is 17.8 Å². The monoisotopic (exact) mass is 290 g/mol. The van der Waals surface area contributed by atoms with Gasteiger partial charge in [0.05, 0.1) is 6.04 Å². The van der Waals surface area contributed by atoms with Gasteiger partial charge >= 0.3 is 0 Å².